The summed E-state index contributed by atoms with van der Waals surface area (Å²) in [6.45, 7) is 5.58. The maximum Gasteiger partial charge on any atom is 0.409 e. The lowest BCUT2D eigenvalue weighted by Crippen LogP contribution is -2.51. The number of rotatable bonds is 5. The van der Waals surface area contributed by atoms with Crippen LogP contribution in [0.15, 0.2) is 4.99 Å². The Morgan fingerprint density at radius 3 is 2.40 bits per heavy atom. The summed E-state index contributed by atoms with van der Waals surface area (Å²) in [4.78, 5) is 30.9. The molecule has 146 valence electrons. The molecular weight excluding hydrogens is 437 g/mol. The van der Waals surface area contributed by atoms with Gasteiger partial charge in [0.25, 0.3) is 0 Å². The second-order valence-corrected chi connectivity index (χ2v) is 6.28. The molecule has 1 fully saturated rings. The summed E-state index contributed by atoms with van der Waals surface area (Å²) in [5, 5.41) is 6.70. The molecule has 0 spiro atoms. The monoisotopic (exact) mass is 469 g/mol. The van der Waals surface area contributed by atoms with Crippen LogP contribution < -0.4 is 10.6 Å². The van der Waals surface area contributed by atoms with Gasteiger partial charge in [0.1, 0.15) is 6.54 Å². The van der Waals surface area contributed by atoms with Gasteiger partial charge in [-0.15, -0.1) is 24.0 Å². The van der Waals surface area contributed by atoms with Gasteiger partial charge in [0, 0.05) is 39.3 Å². The lowest BCUT2D eigenvalue weighted by molar-refractivity contribution is -0.127. The number of piperidine rings is 1. The number of guanidine groups is 1. The highest BCUT2D eigenvalue weighted by Crippen LogP contribution is 2.11. The maximum atomic E-state index is 11.8. The van der Waals surface area contributed by atoms with Crippen LogP contribution in [-0.2, 0) is 9.53 Å². The Kier molecular flexibility index (Phi) is 11.5. The topological polar surface area (TPSA) is 86.3 Å². The number of likely N-dealkylation sites (N-methyl/N-ethyl adjacent to an activating group) is 1. The molecule has 2 amide bonds. The number of ether oxygens (including phenoxy) is 1. The zero-order chi connectivity index (χ0) is 18.1. The fourth-order valence-corrected chi connectivity index (χ4v) is 2.29. The number of hydrogen-bond donors (Lipinski definition) is 2. The van der Waals surface area contributed by atoms with Crippen molar-refractivity contribution >= 4 is 41.9 Å². The Labute approximate surface area is 167 Å². The molecule has 1 saturated heterocycles. The Morgan fingerprint density at radius 2 is 1.92 bits per heavy atom. The van der Waals surface area contributed by atoms with Crippen molar-refractivity contribution in [2.45, 2.75) is 45.2 Å². The van der Waals surface area contributed by atoms with Crippen molar-refractivity contribution in [3.63, 3.8) is 0 Å². The summed E-state index contributed by atoms with van der Waals surface area (Å²) in [6, 6.07) is 0.483. The van der Waals surface area contributed by atoms with Crippen LogP contribution in [0.4, 0.5) is 4.79 Å². The third-order valence-corrected chi connectivity index (χ3v) is 4.14. The minimum Gasteiger partial charge on any atom is -0.453 e. The minimum absolute atomic E-state index is 0. The molecule has 2 N–H and O–H groups in total. The maximum absolute atomic E-state index is 11.8. The molecule has 0 saturated carbocycles. The Morgan fingerprint density at radius 1 is 1.32 bits per heavy atom. The Balaban J connectivity index is 0.00000576. The highest BCUT2D eigenvalue weighted by atomic mass is 127. The van der Waals surface area contributed by atoms with E-state index in [2.05, 4.69) is 29.5 Å². The molecule has 1 aliphatic heterocycles. The third-order valence-electron chi connectivity index (χ3n) is 4.14. The van der Waals surface area contributed by atoms with Gasteiger partial charge in [0.2, 0.25) is 5.91 Å². The van der Waals surface area contributed by atoms with Gasteiger partial charge in [0.15, 0.2) is 5.96 Å². The first kappa shape index (κ1) is 23.7. The Bertz CT molecular complexity index is 451. The lowest BCUT2D eigenvalue weighted by atomic mass is 10.1. The number of nitrogens with one attached hydrogen (secondary N) is 2. The van der Waals surface area contributed by atoms with E-state index in [9.17, 15) is 9.59 Å². The molecule has 1 unspecified atom stereocenters. The molecule has 0 aliphatic carbocycles. The molecule has 0 aromatic rings. The second kappa shape index (κ2) is 12.2. The quantitative estimate of drug-likeness (QED) is 0.360. The van der Waals surface area contributed by atoms with E-state index in [0.717, 1.165) is 19.3 Å². The highest BCUT2D eigenvalue weighted by Gasteiger charge is 2.24. The lowest BCUT2D eigenvalue weighted by Gasteiger charge is -2.32. The van der Waals surface area contributed by atoms with Crippen molar-refractivity contribution in [1.82, 2.24) is 20.4 Å². The summed E-state index contributed by atoms with van der Waals surface area (Å²) < 4.78 is 4.75. The largest absolute Gasteiger partial charge is 0.453 e. The molecule has 0 aromatic carbocycles. The van der Waals surface area contributed by atoms with Crippen molar-refractivity contribution < 1.29 is 14.3 Å². The van der Waals surface area contributed by atoms with Crippen molar-refractivity contribution in [2.75, 3.05) is 40.8 Å². The first-order valence-corrected chi connectivity index (χ1v) is 8.47. The zero-order valence-corrected chi connectivity index (χ0v) is 18.2. The van der Waals surface area contributed by atoms with E-state index >= 15 is 0 Å². The van der Waals surface area contributed by atoms with Crippen molar-refractivity contribution in [2.24, 2.45) is 4.99 Å². The summed E-state index contributed by atoms with van der Waals surface area (Å²) in [5.41, 5.74) is 0. The zero-order valence-electron chi connectivity index (χ0n) is 15.9. The van der Waals surface area contributed by atoms with Gasteiger partial charge in [-0.05, 0) is 26.2 Å². The SMILES string of the molecule is CCC(C)NC(=NCC(=O)N(C)C)NC1CCN(C(=O)OC)CC1.I. The number of halogens is 1. The van der Waals surface area contributed by atoms with Crippen molar-refractivity contribution in [3.8, 4) is 0 Å². The number of amides is 2. The number of likely N-dealkylation sites (tertiary alicyclic amines) is 1. The fraction of sp³-hybridized carbons (Fsp3) is 0.812. The second-order valence-electron chi connectivity index (χ2n) is 6.28. The first-order chi connectivity index (χ1) is 11.4. The third kappa shape index (κ3) is 8.59. The van der Waals surface area contributed by atoms with Gasteiger partial charge in [-0.1, -0.05) is 6.92 Å². The molecule has 0 bridgehead atoms. The van der Waals surface area contributed by atoms with Crippen LogP contribution in [0.5, 0.6) is 0 Å². The van der Waals surface area contributed by atoms with E-state index in [1.807, 2.05) is 0 Å². The summed E-state index contributed by atoms with van der Waals surface area (Å²) >= 11 is 0. The number of aliphatic imine (C=N–C) groups is 1. The van der Waals surface area contributed by atoms with E-state index in [4.69, 9.17) is 4.74 Å². The van der Waals surface area contributed by atoms with Gasteiger partial charge in [-0.3, -0.25) is 4.79 Å². The van der Waals surface area contributed by atoms with Crippen LogP contribution >= 0.6 is 24.0 Å². The van der Waals surface area contributed by atoms with E-state index in [1.165, 1.54) is 12.0 Å². The van der Waals surface area contributed by atoms with Crippen LogP contribution in [0.1, 0.15) is 33.1 Å². The highest BCUT2D eigenvalue weighted by molar-refractivity contribution is 14.0. The average Bonchev–Trinajstić information content (AvgIpc) is 2.58. The van der Waals surface area contributed by atoms with Crippen LogP contribution in [0.25, 0.3) is 0 Å². The molecule has 1 aliphatic rings. The van der Waals surface area contributed by atoms with Gasteiger partial charge in [-0.2, -0.15) is 0 Å². The van der Waals surface area contributed by atoms with Gasteiger partial charge in [0.05, 0.1) is 7.11 Å². The number of carbonyl (C=O) groups excluding carboxylic acids is 2. The number of carbonyl (C=O) groups is 2. The van der Waals surface area contributed by atoms with Crippen molar-refractivity contribution in [1.29, 1.82) is 0 Å². The van der Waals surface area contributed by atoms with Gasteiger partial charge < -0.3 is 25.2 Å². The molecule has 8 nitrogen and oxygen atoms in total. The van der Waals surface area contributed by atoms with Crippen LogP contribution in [0, 0.1) is 0 Å². The summed E-state index contributed by atoms with van der Waals surface area (Å²) in [6.07, 6.45) is 2.32. The molecule has 0 aromatic heterocycles. The Hall–Kier alpha value is -1.26. The normalized spacial score (nSPS) is 16.5. The predicted molar refractivity (Wildman–Crippen MR) is 109 cm³/mol. The minimum atomic E-state index is -0.281. The van der Waals surface area contributed by atoms with E-state index < -0.39 is 0 Å². The smallest absolute Gasteiger partial charge is 0.409 e. The van der Waals surface area contributed by atoms with Crippen molar-refractivity contribution in [3.05, 3.63) is 0 Å². The fourth-order valence-electron chi connectivity index (χ4n) is 2.29. The van der Waals surface area contributed by atoms with Crippen LogP contribution in [-0.4, -0.2) is 80.7 Å². The number of hydrogen-bond acceptors (Lipinski definition) is 4. The molecule has 1 rings (SSSR count). The first-order valence-electron chi connectivity index (χ1n) is 8.47. The molecule has 25 heavy (non-hydrogen) atoms. The molecule has 9 heteroatoms. The molecule has 1 atom stereocenters. The van der Waals surface area contributed by atoms with E-state index in [0.29, 0.717) is 19.0 Å². The van der Waals surface area contributed by atoms with Crippen LogP contribution in [0.3, 0.4) is 0 Å². The van der Waals surface area contributed by atoms with Gasteiger partial charge in [-0.25, -0.2) is 9.79 Å². The number of nitrogens with zero attached hydrogens (tertiary/aromatic N) is 3. The summed E-state index contributed by atoms with van der Waals surface area (Å²) in [5.74, 6) is 0.608. The standard InChI is InChI=1S/C16H31N5O3.HI/c1-6-12(2)18-15(17-11-14(22)20(3)4)19-13-7-9-21(10-8-13)16(23)24-5;/h12-13H,6-11H2,1-5H3,(H2,17,18,19);1H. The molecular formula is C16H32IN5O3. The summed E-state index contributed by atoms with van der Waals surface area (Å²) in [7, 11) is 4.83. The van der Waals surface area contributed by atoms with E-state index in [-0.39, 0.29) is 54.6 Å². The van der Waals surface area contributed by atoms with Gasteiger partial charge >= 0.3 is 6.09 Å². The molecule has 1 heterocycles. The number of methoxy groups -OCH3 is 1. The molecule has 0 radical (unpaired) electrons. The van der Waals surface area contributed by atoms with E-state index in [1.54, 1.807) is 19.0 Å². The predicted octanol–water partition coefficient (Wildman–Crippen LogP) is 1.26. The van der Waals surface area contributed by atoms with Crippen LogP contribution in [0.2, 0.25) is 0 Å². The average molecular weight is 469 g/mol.